The molecule has 8 heteroatoms. The van der Waals surface area contributed by atoms with Crippen molar-refractivity contribution < 1.29 is 12.8 Å². The monoisotopic (exact) mass is 329 g/mol. The fourth-order valence-electron chi connectivity index (χ4n) is 1.63. The molecule has 1 aromatic carbocycles. The number of sulfonamides is 1. The van der Waals surface area contributed by atoms with Crippen LogP contribution in [0.25, 0.3) is 0 Å². The number of aromatic nitrogens is 1. The Kier molecular flexibility index (Phi) is 4.64. The van der Waals surface area contributed by atoms with E-state index < -0.39 is 15.8 Å². The fraction of sp³-hybridized carbons (Fsp3) is 0.154. The molecule has 21 heavy (non-hydrogen) atoms. The zero-order valence-corrected chi connectivity index (χ0v) is 12.7. The van der Waals surface area contributed by atoms with Gasteiger partial charge in [0.2, 0.25) is 0 Å². The topological polar surface area (TPSA) is 71.1 Å². The van der Waals surface area contributed by atoms with Gasteiger partial charge in [-0.15, -0.1) is 0 Å². The van der Waals surface area contributed by atoms with Crippen LogP contribution in [0.1, 0.15) is 6.92 Å². The van der Waals surface area contributed by atoms with Crippen LogP contribution in [0, 0.1) is 5.82 Å². The average Bonchev–Trinajstić information content (AvgIpc) is 2.43. The Bertz CT molecular complexity index is 753. The van der Waals surface area contributed by atoms with Crippen molar-refractivity contribution in [3.63, 3.8) is 0 Å². The predicted molar refractivity (Wildman–Crippen MR) is 80.6 cm³/mol. The summed E-state index contributed by atoms with van der Waals surface area (Å²) in [6.07, 6.45) is 1.39. The Morgan fingerprint density at radius 1 is 1.29 bits per heavy atom. The van der Waals surface area contributed by atoms with Crippen molar-refractivity contribution >= 4 is 33.1 Å². The van der Waals surface area contributed by atoms with Crippen LogP contribution >= 0.6 is 11.6 Å². The summed E-state index contributed by atoms with van der Waals surface area (Å²) in [5.41, 5.74) is 0.184. The predicted octanol–water partition coefficient (Wildman–Crippen LogP) is 3.11. The minimum absolute atomic E-state index is 0.0499. The fourth-order valence-corrected chi connectivity index (χ4v) is 2.87. The zero-order valence-electron chi connectivity index (χ0n) is 11.1. The van der Waals surface area contributed by atoms with Gasteiger partial charge in [-0.3, -0.25) is 4.72 Å². The van der Waals surface area contributed by atoms with Crippen LogP contribution in [-0.4, -0.2) is 19.9 Å². The maximum absolute atomic E-state index is 13.1. The number of hydrogen-bond acceptors (Lipinski definition) is 4. The van der Waals surface area contributed by atoms with Crippen LogP contribution in [-0.2, 0) is 10.0 Å². The maximum Gasteiger partial charge on any atom is 0.262 e. The number of pyridine rings is 1. The summed E-state index contributed by atoms with van der Waals surface area (Å²) in [6, 6.07) is 6.38. The van der Waals surface area contributed by atoms with Crippen LogP contribution < -0.4 is 10.0 Å². The number of nitrogens with one attached hydrogen (secondary N) is 2. The van der Waals surface area contributed by atoms with Crippen molar-refractivity contribution in [2.75, 3.05) is 16.6 Å². The van der Waals surface area contributed by atoms with Crippen molar-refractivity contribution in [3.8, 4) is 0 Å². The summed E-state index contributed by atoms with van der Waals surface area (Å²) < 4.78 is 39.9. The molecule has 0 bridgehead atoms. The second kappa shape index (κ2) is 6.28. The molecular weight excluding hydrogens is 317 g/mol. The van der Waals surface area contributed by atoms with E-state index in [-0.39, 0.29) is 15.6 Å². The third-order valence-electron chi connectivity index (χ3n) is 2.57. The van der Waals surface area contributed by atoms with E-state index in [0.29, 0.717) is 12.4 Å². The molecule has 2 N–H and O–H groups in total. The number of hydrogen-bond donors (Lipinski definition) is 2. The van der Waals surface area contributed by atoms with Crippen molar-refractivity contribution in [2.45, 2.75) is 11.8 Å². The van der Waals surface area contributed by atoms with Gasteiger partial charge in [-0.1, -0.05) is 11.6 Å². The van der Waals surface area contributed by atoms with Crippen molar-refractivity contribution in [1.82, 2.24) is 4.98 Å². The molecule has 112 valence electrons. The molecule has 0 aliphatic heterocycles. The van der Waals surface area contributed by atoms with Gasteiger partial charge in [-0.05, 0) is 31.2 Å². The van der Waals surface area contributed by atoms with E-state index in [0.717, 1.165) is 6.07 Å². The largest absolute Gasteiger partial charge is 0.370 e. The molecule has 0 unspecified atom stereocenters. The molecule has 2 rings (SSSR count). The van der Waals surface area contributed by atoms with Gasteiger partial charge in [-0.2, -0.15) is 0 Å². The Morgan fingerprint density at radius 3 is 2.71 bits per heavy atom. The molecular formula is C13H13ClFN3O2S. The average molecular weight is 330 g/mol. The summed E-state index contributed by atoms with van der Waals surface area (Å²) in [5, 5.41) is 2.77. The molecule has 0 spiro atoms. The maximum atomic E-state index is 13.1. The molecule has 1 aromatic heterocycles. The molecule has 0 fully saturated rings. The first-order chi connectivity index (χ1) is 9.92. The van der Waals surface area contributed by atoms with E-state index in [1.54, 1.807) is 0 Å². The van der Waals surface area contributed by atoms with Gasteiger partial charge in [-0.25, -0.2) is 17.8 Å². The quantitative estimate of drug-likeness (QED) is 0.884. The lowest BCUT2D eigenvalue weighted by Gasteiger charge is -2.10. The highest BCUT2D eigenvalue weighted by molar-refractivity contribution is 7.92. The second-order valence-electron chi connectivity index (χ2n) is 4.14. The Morgan fingerprint density at radius 2 is 2.05 bits per heavy atom. The van der Waals surface area contributed by atoms with E-state index in [1.165, 1.54) is 30.5 Å². The molecule has 0 atom stereocenters. The Balaban J connectivity index is 2.29. The van der Waals surface area contributed by atoms with Gasteiger partial charge in [0.25, 0.3) is 10.0 Å². The number of nitrogens with zero attached hydrogens (tertiary/aromatic N) is 1. The lowest BCUT2D eigenvalue weighted by molar-refractivity contribution is 0.601. The van der Waals surface area contributed by atoms with Gasteiger partial charge in [0.1, 0.15) is 11.6 Å². The smallest absolute Gasteiger partial charge is 0.262 e. The minimum atomic E-state index is -3.79. The Labute approximate surface area is 127 Å². The van der Waals surface area contributed by atoms with Crippen molar-refractivity contribution in [1.29, 1.82) is 0 Å². The Hall–Kier alpha value is -1.86. The molecule has 0 aliphatic rings. The molecule has 0 amide bonds. The molecule has 0 saturated heterocycles. The normalized spacial score (nSPS) is 11.2. The number of rotatable bonds is 5. The molecule has 0 radical (unpaired) electrons. The molecule has 5 nitrogen and oxygen atoms in total. The molecule has 0 aliphatic carbocycles. The lowest BCUT2D eigenvalue weighted by atomic mass is 10.3. The van der Waals surface area contributed by atoms with Gasteiger partial charge in [0.05, 0.1) is 15.6 Å². The first-order valence-corrected chi connectivity index (χ1v) is 7.96. The van der Waals surface area contributed by atoms with Crippen molar-refractivity contribution in [2.24, 2.45) is 0 Å². The second-order valence-corrected chi connectivity index (χ2v) is 6.23. The lowest BCUT2D eigenvalue weighted by Crippen LogP contribution is -2.13. The SMILES string of the molecule is CCNc1cc(S(=O)(=O)Nc2ccc(F)c(Cl)c2)ccn1. The highest BCUT2D eigenvalue weighted by Crippen LogP contribution is 2.22. The zero-order chi connectivity index (χ0) is 15.5. The van der Waals surface area contributed by atoms with Crippen LogP contribution in [0.3, 0.4) is 0 Å². The van der Waals surface area contributed by atoms with Crippen LogP contribution in [0.5, 0.6) is 0 Å². The van der Waals surface area contributed by atoms with E-state index >= 15 is 0 Å². The van der Waals surface area contributed by atoms with E-state index in [1.807, 2.05) is 6.92 Å². The first-order valence-electron chi connectivity index (χ1n) is 6.10. The van der Waals surface area contributed by atoms with Gasteiger partial charge < -0.3 is 5.32 Å². The standard InChI is InChI=1S/C13H13ClFN3O2S/c1-2-16-13-8-10(5-6-17-13)21(19,20)18-9-3-4-12(15)11(14)7-9/h3-8,18H,2H2,1H3,(H,16,17). The van der Waals surface area contributed by atoms with Crippen LogP contribution in [0.4, 0.5) is 15.9 Å². The van der Waals surface area contributed by atoms with Gasteiger partial charge >= 0.3 is 0 Å². The van der Waals surface area contributed by atoms with Gasteiger partial charge in [0.15, 0.2) is 0 Å². The third-order valence-corrected chi connectivity index (χ3v) is 4.24. The summed E-state index contributed by atoms with van der Waals surface area (Å²) in [7, 11) is -3.79. The van der Waals surface area contributed by atoms with Crippen LogP contribution in [0.15, 0.2) is 41.4 Å². The van der Waals surface area contributed by atoms with Gasteiger partial charge in [0, 0.05) is 18.8 Å². The van der Waals surface area contributed by atoms with E-state index in [4.69, 9.17) is 11.6 Å². The highest BCUT2D eigenvalue weighted by Gasteiger charge is 2.15. The summed E-state index contributed by atoms with van der Waals surface area (Å²) >= 11 is 5.63. The number of anilines is 2. The minimum Gasteiger partial charge on any atom is -0.370 e. The molecule has 1 heterocycles. The number of halogens is 2. The highest BCUT2D eigenvalue weighted by atomic mass is 35.5. The van der Waals surface area contributed by atoms with Crippen molar-refractivity contribution in [3.05, 3.63) is 47.4 Å². The van der Waals surface area contributed by atoms with E-state index in [9.17, 15) is 12.8 Å². The van der Waals surface area contributed by atoms with Crippen LogP contribution in [0.2, 0.25) is 5.02 Å². The molecule has 0 saturated carbocycles. The summed E-state index contributed by atoms with van der Waals surface area (Å²) in [5.74, 6) is -0.157. The molecule has 2 aromatic rings. The first kappa shape index (κ1) is 15.5. The number of benzene rings is 1. The summed E-state index contributed by atoms with van der Waals surface area (Å²) in [6.45, 7) is 2.50. The third kappa shape index (κ3) is 3.83. The summed E-state index contributed by atoms with van der Waals surface area (Å²) in [4.78, 5) is 4.05. The van der Waals surface area contributed by atoms with E-state index in [2.05, 4.69) is 15.0 Å².